The van der Waals surface area contributed by atoms with Crippen LogP contribution < -0.4 is 30.2 Å². The Morgan fingerprint density at radius 3 is 2.43 bits per heavy atom. The van der Waals surface area contributed by atoms with E-state index in [1.807, 2.05) is 18.2 Å². The number of hydrogen-bond acceptors (Lipinski definition) is 5. The molecule has 2 aromatic rings. The smallest absolute Gasteiger partial charge is 0.251 e. The summed E-state index contributed by atoms with van der Waals surface area (Å²) >= 11 is 0. The van der Waals surface area contributed by atoms with Crippen LogP contribution >= 0.6 is 24.0 Å². The molecule has 0 saturated heterocycles. The summed E-state index contributed by atoms with van der Waals surface area (Å²) < 4.78 is 15.8. The first-order valence-electron chi connectivity index (χ1n) is 9.45. The number of carbonyl (C=O) groups excluding carboxylic acids is 1. The first kappa shape index (κ1) is 23.6. The van der Waals surface area contributed by atoms with Crippen LogP contribution in [0.1, 0.15) is 15.9 Å². The van der Waals surface area contributed by atoms with Crippen molar-refractivity contribution in [2.45, 2.75) is 6.42 Å². The third kappa shape index (κ3) is 6.68. The lowest BCUT2D eigenvalue weighted by Crippen LogP contribution is -2.42. The Hall–Kier alpha value is -2.69. The number of methoxy groups -OCH3 is 1. The zero-order chi connectivity index (χ0) is 20.5. The van der Waals surface area contributed by atoms with Crippen LogP contribution in [-0.2, 0) is 6.42 Å². The maximum absolute atomic E-state index is 12.1. The standard InChI is InChI=1S/C21H26N4O4.HI/c1-22-21(24-10-9-15-3-8-18-19(13-15)29-14-28-18)25-12-11-23-20(26)16-4-6-17(27-2)7-5-16;/h3-8,13H,9-12,14H2,1-2H3,(H,23,26)(H2,22,24,25);1H. The molecule has 9 heteroatoms. The van der Waals surface area contributed by atoms with E-state index < -0.39 is 0 Å². The van der Waals surface area contributed by atoms with Gasteiger partial charge in [-0.3, -0.25) is 9.79 Å². The summed E-state index contributed by atoms with van der Waals surface area (Å²) in [5.41, 5.74) is 1.75. The predicted molar refractivity (Wildman–Crippen MR) is 126 cm³/mol. The normalized spacial score (nSPS) is 12.0. The Morgan fingerprint density at radius 1 is 1.00 bits per heavy atom. The number of benzene rings is 2. The van der Waals surface area contributed by atoms with Crippen molar-refractivity contribution >= 4 is 35.8 Å². The van der Waals surface area contributed by atoms with E-state index in [0.717, 1.165) is 35.8 Å². The van der Waals surface area contributed by atoms with Gasteiger partial charge in [-0.15, -0.1) is 24.0 Å². The van der Waals surface area contributed by atoms with Crippen molar-refractivity contribution in [2.24, 2.45) is 4.99 Å². The van der Waals surface area contributed by atoms with Gasteiger partial charge in [0.25, 0.3) is 5.91 Å². The van der Waals surface area contributed by atoms with Gasteiger partial charge in [0.1, 0.15) is 5.75 Å². The fourth-order valence-corrected chi connectivity index (χ4v) is 2.84. The third-order valence-electron chi connectivity index (χ3n) is 4.42. The Morgan fingerprint density at radius 2 is 1.70 bits per heavy atom. The fourth-order valence-electron chi connectivity index (χ4n) is 2.84. The molecule has 2 aromatic carbocycles. The van der Waals surface area contributed by atoms with Gasteiger partial charge in [0.15, 0.2) is 17.5 Å². The molecule has 0 aliphatic carbocycles. The predicted octanol–water partition coefficient (Wildman–Crippen LogP) is 2.18. The van der Waals surface area contributed by atoms with Gasteiger partial charge in [-0.05, 0) is 48.4 Å². The first-order chi connectivity index (χ1) is 14.2. The summed E-state index contributed by atoms with van der Waals surface area (Å²) in [5.74, 6) is 2.86. The van der Waals surface area contributed by atoms with Crippen LogP contribution in [0, 0.1) is 0 Å². The summed E-state index contributed by atoms with van der Waals surface area (Å²) in [6.07, 6.45) is 0.825. The molecule has 1 aliphatic rings. The van der Waals surface area contributed by atoms with Gasteiger partial charge in [0.2, 0.25) is 6.79 Å². The molecule has 0 unspecified atom stereocenters. The molecule has 0 radical (unpaired) electrons. The number of rotatable bonds is 8. The highest BCUT2D eigenvalue weighted by Gasteiger charge is 2.13. The number of hydrogen-bond donors (Lipinski definition) is 3. The molecule has 30 heavy (non-hydrogen) atoms. The van der Waals surface area contributed by atoms with E-state index in [4.69, 9.17) is 14.2 Å². The van der Waals surface area contributed by atoms with Gasteiger partial charge < -0.3 is 30.2 Å². The number of guanidine groups is 1. The average Bonchev–Trinajstić information content (AvgIpc) is 3.23. The molecule has 3 N–H and O–H groups in total. The molecule has 1 aliphatic heterocycles. The van der Waals surface area contributed by atoms with Crippen molar-refractivity contribution in [3.63, 3.8) is 0 Å². The second-order valence-electron chi connectivity index (χ2n) is 6.35. The summed E-state index contributed by atoms with van der Waals surface area (Å²) in [6, 6.07) is 12.9. The number of nitrogens with one attached hydrogen (secondary N) is 3. The van der Waals surface area contributed by atoms with Crippen molar-refractivity contribution in [1.29, 1.82) is 0 Å². The zero-order valence-electron chi connectivity index (χ0n) is 17.1. The number of halogens is 1. The van der Waals surface area contributed by atoms with Gasteiger partial charge in [-0.2, -0.15) is 0 Å². The Kier molecular flexibility index (Phi) is 9.52. The average molecular weight is 526 g/mol. The maximum Gasteiger partial charge on any atom is 0.251 e. The van der Waals surface area contributed by atoms with Crippen LogP contribution in [0.3, 0.4) is 0 Å². The molecule has 0 spiro atoms. The van der Waals surface area contributed by atoms with Crippen molar-refractivity contribution in [3.05, 3.63) is 53.6 Å². The Labute approximate surface area is 193 Å². The third-order valence-corrected chi connectivity index (χ3v) is 4.42. The molecule has 0 bridgehead atoms. The Bertz CT molecular complexity index is 859. The molecule has 0 aromatic heterocycles. The van der Waals surface area contributed by atoms with Crippen LogP contribution in [0.2, 0.25) is 0 Å². The van der Waals surface area contributed by atoms with Crippen LogP contribution in [-0.4, -0.2) is 52.5 Å². The highest BCUT2D eigenvalue weighted by atomic mass is 127. The number of carbonyl (C=O) groups is 1. The van der Waals surface area contributed by atoms with Gasteiger partial charge in [-0.1, -0.05) is 6.07 Å². The van der Waals surface area contributed by atoms with Crippen LogP contribution in [0.15, 0.2) is 47.5 Å². The molecule has 162 valence electrons. The minimum Gasteiger partial charge on any atom is -0.497 e. The zero-order valence-corrected chi connectivity index (χ0v) is 19.4. The molecule has 1 heterocycles. The largest absolute Gasteiger partial charge is 0.497 e. The Balaban J connectivity index is 0.00000320. The first-order valence-corrected chi connectivity index (χ1v) is 9.45. The molecule has 0 fully saturated rings. The van der Waals surface area contributed by atoms with Crippen molar-refractivity contribution in [3.8, 4) is 17.2 Å². The number of aliphatic imine (C=N–C) groups is 1. The van der Waals surface area contributed by atoms with Crippen LogP contribution in [0.4, 0.5) is 0 Å². The highest BCUT2D eigenvalue weighted by molar-refractivity contribution is 14.0. The second kappa shape index (κ2) is 12.1. The summed E-state index contributed by atoms with van der Waals surface area (Å²) in [4.78, 5) is 16.3. The molecule has 0 atom stereocenters. The van der Waals surface area contributed by atoms with E-state index in [-0.39, 0.29) is 36.7 Å². The van der Waals surface area contributed by atoms with Crippen LogP contribution in [0.5, 0.6) is 17.2 Å². The topological polar surface area (TPSA) is 93.2 Å². The van der Waals surface area contributed by atoms with E-state index in [9.17, 15) is 4.79 Å². The van der Waals surface area contributed by atoms with E-state index in [1.165, 1.54) is 0 Å². The lowest BCUT2D eigenvalue weighted by molar-refractivity contribution is 0.0954. The number of amides is 1. The van der Waals surface area contributed by atoms with Gasteiger partial charge in [-0.25, -0.2) is 0 Å². The van der Waals surface area contributed by atoms with Crippen LogP contribution in [0.25, 0.3) is 0 Å². The van der Waals surface area contributed by atoms with Gasteiger partial charge in [0.05, 0.1) is 7.11 Å². The van der Waals surface area contributed by atoms with E-state index in [2.05, 4.69) is 20.9 Å². The molecular formula is C21H27IN4O4. The minimum absolute atomic E-state index is 0. The van der Waals surface area contributed by atoms with E-state index >= 15 is 0 Å². The van der Waals surface area contributed by atoms with Gasteiger partial charge in [0, 0.05) is 32.2 Å². The van der Waals surface area contributed by atoms with Crippen molar-refractivity contribution < 1.29 is 19.0 Å². The quantitative estimate of drug-likeness (QED) is 0.212. The molecule has 3 rings (SSSR count). The SMILES string of the molecule is CN=C(NCCNC(=O)c1ccc(OC)cc1)NCCc1ccc2c(c1)OCO2.I. The van der Waals surface area contributed by atoms with Gasteiger partial charge >= 0.3 is 0 Å². The molecule has 8 nitrogen and oxygen atoms in total. The lowest BCUT2D eigenvalue weighted by Gasteiger charge is -2.12. The molecular weight excluding hydrogens is 499 g/mol. The maximum atomic E-state index is 12.1. The number of fused-ring (bicyclic) bond motifs is 1. The minimum atomic E-state index is -0.125. The lowest BCUT2D eigenvalue weighted by atomic mass is 10.1. The van der Waals surface area contributed by atoms with E-state index in [0.29, 0.717) is 24.6 Å². The molecule has 0 saturated carbocycles. The second-order valence-corrected chi connectivity index (χ2v) is 6.35. The van der Waals surface area contributed by atoms with Crippen molar-refractivity contribution in [2.75, 3.05) is 40.6 Å². The monoisotopic (exact) mass is 526 g/mol. The molecule has 1 amide bonds. The summed E-state index contributed by atoms with van der Waals surface area (Å²) in [7, 11) is 3.31. The summed E-state index contributed by atoms with van der Waals surface area (Å²) in [5, 5.41) is 9.31. The summed E-state index contributed by atoms with van der Waals surface area (Å²) in [6.45, 7) is 2.04. The highest BCUT2D eigenvalue weighted by Crippen LogP contribution is 2.32. The van der Waals surface area contributed by atoms with E-state index in [1.54, 1.807) is 38.4 Å². The fraction of sp³-hybridized carbons (Fsp3) is 0.333. The number of nitrogens with zero attached hydrogens (tertiary/aromatic N) is 1. The van der Waals surface area contributed by atoms with Crippen molar-refractivity contribution in [1.82, 2.24) is 16.0 Å². The number of ether oxygens (including phenoxy) is 3.